The van der Waals surface area contributed by atoms with Crippen LogP contribution in [0.15, 0.2) is 12.1 Å². The Morgan fingerprint density at radius 3 is 2.85 bits per heavy atom. The van der Waals surface area contributed by atoms with Gasteiger partial charge < -0.3 is 0 Å². The molecule has 1 N–H and O–H groups in total. The number of carbonyl (C=O) groups excluding carboxylic acids is 1. The molecule has 66 valence electrons. The fourth-order valence-corrected chi connectivity index (χ4v) is 1.54. The molecule has 13 heavy (non-hydrogen) atoms. The van der Waals surface area contributed by atoms with Crippen molar-refractivity contribution in [2.75, 3.05) is 0 Å². The molecular weight excluding hydrogens is 164 g/mol. The van der Waals surface area contributed by atoms with Gasteiger partial charge in [-0.3, -0.25) is 9.89 Å². The monoisotopic (exact) mass is 174 g/mol. The number of fused-ring (bicyclic) bond motifs is 1. The van der Waals surface area contributed by atoms with E-state index in [4.69, 9.17) is 0 Å². The predicted octanol–water partition coefficient (Wildman–Crippen LogP) is 1.99. The minimum absolute atomic E-state index is 0.701. The van der Waals surface area contributed by atoms with Gasteiger partial charge in [0, 0.05) is 16.6 Å². The lowest BCUT2D eigenvalue weighted by molar-refractivity contribution is 0.112. The van der Waals surface area contributed by atoms with Crippen LogP contribution >= 0.6 is 0 Å². The van der Waals surface area contributed by atoms with Crippen LogP contribution in [0.1, 0.15) is 21.6 Å². The number of aryl methyl sites for hydroxylation is 2. The highest BCUT2D eigenvalue weighted by molar-refractivity contribution is 5.99. The normalized spacial score (nSPS) is 10.6. The second-order valence-electron chi connectivity index (χ2n) is 3.16. The Hall–Kier alpha value is -1.64. The molecule has 3 heteroatoms. The van der Waals surface area contributed by atoms with Gasteiger partial charge >= 0.3 is 0 Å². The number of nitrogens with one attached hydrogen (secondary N) is 1. The molecule has 0 aliphatic heterocycles. The Morgan fingerprint density at radius 2 is 2.15 bits per heavy atom. The molecule has 0 radical (unpaired) electrons. The second-order valence-corrected chi connectivity index (χ2v) is 3.16. The summed E-state index contributed by atoms with van der Waals surface area (Å²) in [6.07, 6.45) is 0.865. The largest absolute Gasteiger partial charge is 0.298 e. The molecule has 1 aromatic heterocycles. The molecule has 0 fully saturated rings. The minimum atomic E-state index is 0.701. The number of hydrogen-bond donors (Lipinski definition) is 1. The van der Waals surface area contributed by atoms with E-state index in [9.17, 15) is 4.79 Å². The van der Waals surface area contributed by atoms with E-state index in [1.165, 1.54) is 0 Å². The summed E-state index contributed by atoms with van der Waals surface area (Å²) in [6, 6.07) is 3.74. The van der Waals surface area contributed by atoms with Gasteiger partial charge in [-0.25, -0.2) is 0 Å². The van der Waals surface area contributed by atoms with E-state index in [0.717, 1.165) is 28.4 Å². The number of rotatable bonds is 1. The highest BCUT2D eigenvalue weighted by Gasteiger charge is 2.08. The number of H-pyrrole nitrogens is 1. The number of nitrogens with zero attached hydrogens (tertiary/aromatic N) is 1. The van der Waals surface area contributed by atoms with Gasteiger partial charge in [0.15, 0.2) is 6.29 Å². The number of aldehydes is 1. The van der Waals surface area contributed by atoms with E-state index in [1.54, 1.807) is 0 Å². The van der Waals surface area contributed by atoms with E-state index in [1.807, 2.05) is 26.0 Å². The molecule has 1 aromatic carbocycles. The summed E-state index contributed by atoms with van der Waals surface area (Å²) in [6.45, 7) is 3.90. The average molecular weight is 174 g/mol. The van der Waals surface area contributed by atoms with E-state index in [2.05, 4.69) is 10.2 Å². The fraction of sp³-hybridized carbons (Fsp3) is 0.200. The quantitative estimate of drug-likeness (QED) is 0.672. The van der Waals surface area contributed by atoms with E-state index < -0.39 is 0 Å². The van der Waals surface area contributed by atoms with Gasteiger partial charge in [-0.2, -0.15) is 5.10 Å². The van der Waals surface area contributed by atoms with Crippen LogP contribution in [0.4, 0.5) is 0 Å². The molecule has 0 spiro atoms. The van der Waals surface area contributed by atoms with Crippen molar-refractivity contribution in [3.8, 4) is 0 Å². The highest BCUT2D eigenvalue weighted by atomic mass is 16.1. The first-order valence-corrected chi connectivity index (χ1v) is 4.13. The zero-order valence-electron chi connectivity index (χ0n) is 7.59. The first-order valence-electron chi connectivity index (χ1n) is 4.13. The fourth-order valence-electron chi connectivity index (χ4n) is 1.54. The van der Waals surface area contributed by atoms with Crippen LogP contribution < -0.4 is 0 Å². The predicted molar refractivity (Wildman–Crippen MR) is 51.0 cm³/mol. The molecule has 2 rings (SSSR count). The standard InChI is InChI=1S/C10H10N2O/c1-6-3-4-8(5-13)9-7(2)11-12-10(6)9/h3-5H,1-2H3,(H,11,12). The molecular formula is C10H10N2O. The van der Waals surface area contributed by atoms with Crippen molar-refractivity contribution in [1.82, 2.24) is 10.2 Å². The van der Waals surface area contributed by atoms with Gasteiger partial charge in [0.2, 0.25) is 0 Å². The minimum Gasteiger partial charge on any atom is -0.298 e. The van der Waals surface area contributed by atoms with E-state index in [-0.39, 0.29) is 0 Å². The summed E-state index contributed by atoms with van der Waals surface area (Å²) in [5.74, 6) is 0. The zero-order chi connectivity index (χ0) is 9.42. The maximum Gasteiger partial charge on any atom is 0.150 e. The summed E-state index contributed by atoms with van der Waals surface area (Å²) in [5.41, 5.74) is 3.62. The maximum atomic E-state index is 10.7. The third kappa shape index (κ3) is 1.04. The lowest BCUT2D eigenvalue weighted by Crippen LogP contribution is -1.85. The van der Waals surface area contributed by atoms with Crippen molar-refractivity contribution in [3.63, 3.8) is 0 Å². The lowest BCUT2D eigenvalue weighted by Gasteiger charge is -1.97. The SMILES string of the molecule is Cc1ccc(C=O)c2c(C)[nH]nc12. The Bertz CT molecular complexity index is 471. The number of aromatic amines is 1. The molecule has 0 atom stereocenters. The smallest absolute Gasteiger partial charge is 0.150 e. The Balaban J connectivity index is 2.96. The third-order valence-electron chi connectivity index (χ3n) is 2.25. The summed E-state index contributed by atoms with van der Waals surface area (Å²) < 4.78 is 0. The van der Waals surface area contributed by atoms with Gasteiger partial charge in [0.05, 0.1) is 5.52 Å². The summed E-state index contributed by atoms with van der Waals surface area (Å²) >= 11 is 0. The van der Waals surface area contributed by atoms with Gasteiger partial charge in [-0.1, -0.05) is 12.1 Å². The summed E-state index contributed by atoms with van der Waals surface area (Å²) in [5, 5.41) is 7.97. The van der Waals surface area contributed by atoms with Crippen molar-refractivity contribution in [2.24, 2.45) is 0 Å². The zero-order valence-corrected chi connectivity index (χ0v) is 7.59. The number of benzene rings is 1. The molecule has 0 saturated heterocycles. The highest BCUT2D eigenvalue weighted by Crippen LogP contribution is 2.21. The first-order chi connectivity index (χ1) is 6.24. The van der Waals surface area contributed by atoms with Crippen LogP contribution in [0.2, 0.25) is 0 Å². The number of hydrogen-bond acceptors (Lipinski definition) is 2. The van der Waals surface area contributed by atoms with Crippen molar-refractivity contribution in [3.05, 3.63) is 29.0 Å². The summed E-state index contributed by atoms with van der Waals surface area (Å²) in [4.78, 5) is 10.7. The molecule has 0 unspecified atom stereocenters. The van der Waals surface area contributed by atoms with Crippen molar-refractivity contribution < 1.29 is 4.79 Å². The molecule has 0 aliphatic carbocycles. The number of carbonyl (C=O) groups is 1. The topological polar surface area (TPSA) is 45.8 Å². The third-order valence-corrected chi connectivity index (χ3v) is 2.25. The van der Waals surface area contributed by atoms with Crippen LogP contribution in [-0.4, -0.2) is 16.5 Å². The molecule has 0 saturated carbocycles. The lowest BCUT2D eigenvalue weighted by atomic mass is 10.1. The maximum absolute atomic E-state index is 10.7. The van der Waals surface area contributed by atoms with Crippen LogP contribution in [0.25, 0.3) is 10.9 Å². The second kappa shape index (κ2) is 2.69. The molecule has 1 heterocycles. The summed E-state index contributed by atoms with van der Waals surface area (Å²) in [7, 11) is 0. The van der Waals surface area contributed by atoms with Gasteiger partial charge in [0.1, 0.15) is 0 Å². The van der Waals surface area contributed by atoms with Crippen LogP contribution in [0.3, 0.4) is 0 Å². The molecule has 0 amide bonds. The van der Waals surface area contributed by atoms with Gasteiger partial charge in [0.25, 0.3) is 0 Å². The van der Waals surface area contributed by atoms with E-state index in [0.29, 0.717) is 5.56 Å². The first kappa shape index (κ1) is 7.98. The molecule has 2 aromatic rings. The molecule has 3 nitrogen and oxygen atoms in total. The number of aromatic nitrogens is 2. The molecule has 0 bridgehead atoms. The van der Waals surface area contributed by atoms with Crippen molar-refractivity contribution in [2.45, 2.75) is 13.8 Å². The van der Waals surface area contributed by atoms with Gasteiger partial charge in [-0.05, 0) is 19.4 Å². The Kier molecular flexibility index (Phi) is 1.65. The van der Waals surface area contributed by atoms with Crippen molar-refractivity contribution >= 4 is 17.2 Å². The van der Waals surface area contributed by atoms with Gasteiger partial charge in [-0.15, -0.1) is 0 Å². The van der Waals surface area contributed by atoms with Crippen molar-refractivity contribution in [1.29, 1.82) is 0 Å². The van der Waals surface area contributed by atoms with E-state index >= 15 is 0 Å². The Morgan fingerprint density at radius 1 is 1.38 bits per heavy atom. The van der Waals surface area contributed by atoms with Crippen LogP contribution in [-0.2, 0) is 0 Å². The average Bonchev–Trinajstić information content (AvgIpc) is 2.51. The van der Waals surface area contributed by atoms with Crippen LogP contribution in [0.5, 0.6) is 0 Å². The Labute approximate surface area is 75.8 Å². The van der Waals surface area contributed by atoms with Crippen LogP contribution in [0, 0.1) is 13.8 Å². The molecule has 0 aliphatic rings.